The summed E-state index contributed by atoms with van der Waals surface area (Å²) in [5.41, 5.74) is 2.43. The highest BCUT2D eigenvalue weighted by atomic mass is 32.2. The van der Waals surface area contributed by atoms with E-state index in [0.717, 1.165) is 15.8 Å². The molecule has 6 aromatic rings. The molecule has 0 fully saturated rings. The van der Waals surface area contributed by atoms with Crippen molar-refractivity contribution >= 4 is 38.3 Å². The highest BCUT2D eigenvalue weighted by Crippen LogP contribution is 2.31. The van der Waals surface area contributed by atoms with Crippen molar-refractivity contribution in [1.29, 1.82) is 0 Å². The molecule has 3 aromatic carbocycles. The Morgan fingerprint density at radius 2 is 1.78 bits per heavy atom. The summed E-state index contributed by atoms with van der Waals surface area (Å²) >= 11 is 2.81. The number of hydrogen-bond donors (Lipinski definition) is 0. The van der Waals surface area contributed by atoms with Crippen LogP contribution in [-0.4, -0.2) is 31.3 Å². The van der Waals surface area contributed by atoms with Gasteiger partial charge in [0.05, 0.1) is 28.7 Å². The van der Waals surface area contributed by atoms with Gasteiger partial charge in [0.2, 0.25) is 0 Å². The number of thiazole rings is 1. The lowest BCUT2D eigenvalue weighted by molar-refractivity contribution is 0.415. The highest BCUT2D eigenvalue weighted by molar-refractivity contribution is 7.98. The van der Waals surface area contributed by atoms with Crippen LogP contribution in [0.25, 0.3) is 32.3 Å². The van der Waals surface area contributed by atoms with E-state index in [9.17, 15) is 9.18 Å². The summed E-state index contributed by atoms with van der Waals surface area (Å²) in [6.07, 6.45) is 0. The minimum atomic E-state index is -0.392. The molecule has 0 amide bonds. The van der Waals surface area contributed by atoms with Crippen molar-refractivity contribution < 1.29 is 9.13 Å². The third-order valence-corrected chi connectivity index (χ3v) is 7.66. The lowest BCUT2D eigenvalue weighted by atomic mass is 10.2. The minimum Gasteiger partial charge on any atom is -0.497 e. The summed E-state index contributed by atoms with van der Waals surface area (Å²) in [7, 11) is 1.60. The number of hydrogen-bond acceptors (Lipinski definition) is 7. The van der Waals surface area contributed by atoms with Gasteiger partial charge in [-0.15, -0.1) is 10.2 Å². The van der Waals surface area contributed by atoms with Crippen molar-refractivity contribution in [2.75, 3.05) is 7.11 Å². The second-order valence-electron chi connectivity index (χ2n) is 7.88. The second-order valence-corrected chi connectivity index (χ2v) is 9.84. The smallest absolute Gasteiger partial charge is 0.259 e. The fraction of sp³-hybridized carbons (Fsp3) is 0.0769. The number of para-hydroxylation sites is 2. The first-order valence-corrected chi connectivity index (χ1v) is 12.8. The van der Waals surface area contributed by atoms with Crippen LogP contribution < -0.4 is 10.3 Å². The summed E-state index contributed by atoms with van der Waals surface area (Å²) in [6.45, 7) is 0. The predicted molar refractivity (Wildman–Crippen MR) is 140 cm³/mol. The Morgan fingerprint density at radius 1 is 1.00 bits per heavy atom. The molecule has 36 heavy (non-hydrogen) atoms. The zero-order valence-electron chi connectivity index (χ0n) is 19.0. The maximum Gasteiger partial charge on any atom is 0.259 e. The summed E-state index contributed by atoms with van der Waals surface area (Å²) in [5.74, 6) is 1.18. The number of methoxy groups -OCH3 is 1. The molecular weight excluding hydrogens is 497 g/mol. The number of thioether (sulfide) groups is 1. The number of halogens is 1. The first kappa shape index (κ1) is 22.4. The van der Waals surface area contributed by atoms with E-state index in [1.807, 2.05) is 48.5 Å². The maximum atomic E-state index is 14.9. The molecule has 0 saturated carbocycles. The van der Waals surface area contributed by atoms with Crippen LogP contribution in [0, 0.1) is 5.82 Å². The summed E-state index contributed by atoms with van der Waals surface area (Å²) < 4.78 is 24.4. The van der Waals surface area contributed by atoms with E-state index >= 15 is 0 Å². The topological polar surface area (TPSA) is 74.3 Å². The van der Waals surface area contributed by atoms with Crippen LogP contribution in [0.4, 0.5) is 4.39 Å². The molecule has 0 atom stereocenters. The third-order valence-electron chi connectivity index (χ3n) is 5.67. The number of aromatic nitrogens is 5. The monoisotopic (exact) mass is 515 g/mol. The third kappa shape index (κ3) is 3.94. The van der Waals surface area contributed by atoms with Gasteiger partial charge in [0.15, 0.2) is 15.9 Å². The fourth-order valence-electron chi connectivity index (χ4n) is 3.98. The molecule has 10 heteroatoms. The second kappa shape index (κ2) is 9.21. The number of fused-ring (bicyclic) bond motifs is 3. The molecular formula is C26H18FN5O2S2. The van der Waals surface area contributed by atoms with Crippen molar-refractivity contribution in [3.8, 4) is 22.8 Å². The van der Waals surface area contributed by atoms with E-state index in [0.29, 0.717) is 38.8 Å². The first-order valence-electron chi connectivity index (χ1n) is 11.0. The van der Waals surface area contributed by atoms with Gasteiger partial charge in [-0.05, 0) is 48.5 Å². The average Bonchev–Trinajstić information content (AvgIpc) is 3.49. The van der Waals surface area contributed by atoms with Crippen LogP contribution in [0.2, 0.25) is 0 Å². The van der Waals surface area contributed by atoms with Crippen LogP contribution in [0.15, 0.2) is 88.8 Å². The molecule has 0 N–H and O–H groups in total. The maximum absolute atomic E-state index is 14.9. The molecule has 0 aliphatic carbocycles. The molecule has 0 aliphatic heterocycles. The normalized spacial score (nSPS) is 11.4. The molecule has 0 aliphatic rings. The van der Waals surface area contributed by atoms with E-state index in [1.165, 1.54) is 35.2 Å². The van der Waals surface area contributed by atoms with E-state index in [4.69, 9.17) is 9.72 Å². The minimum absolute atomic E-state index is 0.137. The fourth-order valence-corrected chi connectivity index (χ4v) is 5.86. The molecule has 3 aromatic heterocycles. The molecule has 0 spiro atoms. The Bertz CT molecular complexity index is 1780. The predicted octanol–water partition coefficient (Wildman–Crippen LogP) is 5.60. The largest absolute Gasteiger partial charge is 0.497 e. The van der Waals surface area contributed by atoms with Crippen LogP contribution in [-0.2, 0) is 5.75 Å². The van der Waals surface area contributed by atoms with Gasteiger partial charge in [-0.2, -0.15) is 0 Å². The molecule has 6 rings (SSSR count). The lowest BCUT2D eigenvalue weighted by Gasteiger charge is -2.11. The number of ether oxygens (including phenoxy) is 1. The van der Waals surface area contributed by atoms with Crippen molar-refractivity contribution in [1.82, 2.24) is 24.1 Å². The first-order chi connectivity index (χ1) is 17.6. The van der Waals surface area contributed by atoms with Gasteiger partial charge in [-0.1, -0.05) is 47.4 Å². The Labute approximate surface area is 212 Å². The van der Waals surface area contributed by atoms with Crippen molar-refractivity contribution in [3.05, 3.63) is 101 Å². The Hall–Kier alpha value is -4.02. The van der Waals surface area contributed by atoms with Gasteiger partial charge in [0.1, 0.15) is 11.6 Å². The zero-order chi connectivity index (χ0) is 24.6. The SMILES string of the molecule is COc1ccc(-c2nnc(SCc3cc(=O)n4c(n3)sc3ccccc34)n2-c2ccccc2F)cc1. The Kier molecular flexibility index (Phi) is 5.74. The van der Waals surface area contributed by atoms with Gasteiger partial charge in [-0.25, -0.2) is 9.37 Å². The van der Waals surface area contributed by atoms with Gasteiger partial charge in [0, 0.05) is 17.4 Å². The molecule has 3 heterocycles. The van der Waals surface area contributed by atoms with Gasteiger partial charge in [-0.3, -0.25) is 13.8 Å². The standard InChI is InChI=1S/C26H18FN5O2S2/c1-34-18-12-10-16(11-13-18)24-29-30-26(32(24)20-7-3-2-6-19(20)27)35-15-17-14-23(33)31-21-8-4-5-9-22(21)36-25(31)28-17/h2-14H,15H2,1H3. The summed E-state index contributed by atoms with van der Waals surface area (Å²) in [5, 5.41) is 9.22. The molecule has 0 radical (unpaired) electrons. The summed E-state index contributed by atoms with van der Waals surface area (Å²) in [4.78, 5) is 18.2. The van der Waals surface area contributed by atoms with Crippen molar-refractivity contribution in [3.63, 3.8) is 0 Å². The van der Waals surface area contributed by atoms with E-state index in [-0.39, 0.29) is 5.56 Å². The lowest BCUT2D eigenvalue weighted by Crippen LogP contribution is -2.13. The average molecular weight is 516 g/mol. The van der Waals surface area contributed by atoms with Crippen molar-refractivity contribution in [2.45, 2.75) is 10.9 Å². The van der Waals surface area contributed by atoms with Gasteiger partial charge < -0.3 is 4.74 Å². The molecule has 7 nitrogen and oxygen atoms in total. The number of rotatable bonds is 6. The van der Waals surface area contributed by atoms with E-state index in [1.54, 1.807) is 34.3 Å². The van der Waals surface area contributed by atoms with Crippen molar-refractivity contribution in [2.24, 2.45) is 0 Å². The number of benzene rings is 3. The van der Waals surface area contributed by atoms with Crippen LogP contribution in [0.3, 0.4) is 0 Å². The van der Waals surface area contributed by atoms with Crippen LogP contribution in [0.5, 0.6) is 5.75 Å². The highest BCUT2D eigenvalue weighted by Gasteiger charge is 2.19. The van der Waals surface area contributed by atoms with Gasteiger partial charge in [0.25, 0.3) is 5.56 Å². The Morgan fingerprint density at radius 3 is 2.58 bits per heavy atom. The van der Waals surface area contributed by atoms with Crippen LogP contribution in [0.1, 0.15) is 5.69 Å². The zero-order valence-corrected chi connectivity index (χ0v) is 20.6. The Balaban J connectivity index is 1.39. The molecule has 0 saturated heterocycles. The molecule has 0 bridgehead atoms. The summed E-state index contributed by atoms with van der Waals surface area (Å²) in [6, 6.07) is 23.1. The molecule has 178 valence electrons. The van der Waals surface area contributed by atoms with Crippen LogP contribution >= 0.6 is 23.1 Å². The van der Waals surface area contributed by atoms with E-state index in [2.05, 4.69) is 10.2 Å². The molecule has 0 unspecified atom stereocenters. The van der Waals surface area contributed by atoms with E-state index < -0.39 is 5.82 Å². The van der Waals surface area contributed by atoms with Gasteiger partial charge >= 0.3 is 0 Å². The number of nitrogens with zero attached hydrogens (tertiary/aromatic N) is 5. The quantitative estimate of drug-likeness (QED) is 0.269.